The molecule has 0 fully saturated rings. The highest BCUT2D eigenvalue weighted by molar-refractivity contribution is 5.30. The second-order valence-electron chi connectivity index (χ2n) is 3.35. The molecule has 0 aliphatic carbocycles. The van der Waals surface area contributed by atoms with Gasteiger partial charge in [-0.15, -0.1) is 0 Å². The minimum atomic E-state index is -0.411. The van der Waals surface area contributed by atoms with Crippen molar-refractivity contribution in [2.45, 2.75) is 13.3 Å². The fourth-order valence-electron chi connectivity index (χ4n) is 1.30. The van der Waals surface area contributed by atoms with Crippen LogP contribution in [0, 0.1) is 0 Å². The molecule has 0 saturated heterocycles. The molecule has 0 spiro atoms. The van der Waals surface area contributed by atoms with Crippen molar-refractivity contribution < 1.29 is 13.9 Å². The van der Waals surface area contributed by atoms with Crippen molar-refractivity contribution in [1.82, 2.24) is 5.27 Å². The lowest BCUT2D eigenvalue weighted by Gasteiger charge is -2.02. The number of benzene rings is 1. The fourth-order valence-corrected chi connectivity index (χ4v) is 1.30. The molecule has 2 rings (SSSR count). The molecular formula is C11H13N2O3+. The van der Waals surface area contributed by atoms with E-state index in [1.807, 2.05) is 24.3 Å². The number of aromatic amines is 1. The minimum absolute atomic E-state index is 0.411. The van der Waals surface area contributed by atoms with Crippen LogP contribution in [0.1, 0.15) is 13.3 Å². The zero-order valence-electron chi connectivity index (χ0n) is 8.97. The molecule has 2 aromatic rings. The van der Waals surface area contributed by atoms with E-state index in [-0.39, 0.29) is 0 Å². The third kappa shape index (κ3) is 2.31. The average molecular weight is 221 g/mol. The maximum atomic E-state index is 10.8. The smallest absolute Gasteiger partial charge is 0.427 e. The summed E-state index contributed by atoms with van der Waals surface area (Å²) in [5.74, 6) is 0.817. The Morgan fingerprint density at radius 3 is 2.69 bits per heavy atom. The van der Waals surface area contributed by atoms with Crippen LogP contribution in [0.5, 0.6) is 5.75 Å². The quantitative estimate of drug-likeness (QED) is 0.784. The maximum absolute atomic E-state index is 10.8. The van der Waals surface area contributed by atoms with E-state index in [2.05, 4.69) is 16.7 Å². The first-order valence-electron chi connectivity index (χ1n) is 5.13. The first-order chi connectivity index (χ1) is 7.79. The number of nitrogens with one attached hydrogen (secondary N) is 1. The summed E-state index contributed by atoms with van der Waals surface area (Å²) < 4.78 is 11.5. The number of ether oxygens (including phenoxy) is 1. The molecule has 0 aliphatic rings. The number of hydrogen-bond acceptors (Lipinski definition) is 3. The molecule has 1 aromatic carbocycles. The lowest BCUT2D eigenvalue weighted by Crippen LogP contribution is -2.31. The summed E-state index contributed by atoms with van der Waals surface area (Å²) in [5.41, 5.74) is 0.404. The summed E-state index contributed by atoms with van der Waals surface area (Å²) >= 11 is 0. The van der Waals surface area contributed by atoms with Gasteiger partial charge in [-0.25, -0.2) is 4.79 Å². The van der Waals surface area contributed by atoms with E-state index < -0.39 is 5.63 Å². The first-order valence-corrected chi connectivity index (χ1v) is 5.13. The van der Waals surface area contributed by atoms with Crippen molar-refractivity contribution in [1.29, 1.82) is 0 Å². The first kappa shape index (κ1) is 10.5. The molecule has 5 heteroatoms. The number of aromatic nitrogens is 2. The van der Waals surface area contributed by atoms with E-state index >= 15 is 0 Å². The van der Waals surface area contributed by atoms with Gasteiger partial charge >= 0.3 is 5.63 Å². The van der Waals surface area contributed by atoms with Gasteiger partial charge in [0.25, 0.3) is 6.20 Å². The molecule has 0 radical (unpaired) electrons. The molecular weight excluding hydrogens is 208 g/mol. The number of H-pyrrole nitrogens is 1. The Labute approximate surface area is 92.2 Å². The van der Waals surface area contributed by atoms with Crippen LogP contribution in [0.25, 0.3) is 5.69 Å². The summed E-state index contributed by atoms with van der Waals surface area (Å²) in [5, 5.41) is 2.47. The molecule has 1 heterocycles. The maximum Gasteiger partial charge on any atom is 0.427 e. The molecule has 0 saturated carbocycles. The molecule has 0 bridgehead atoms. The highest BCUT2D eigenvalue weighted by Crippen LogP contribution is 2.11. The topological polar surface area (TPSA) is 59.1 Å². The van der Waals surface area contributed by atoms with E-state index in [1.54, 1.807) is 0 Å². The van der Waals surface area contributed by atoms with E-state index in [9.17, 15) is 4.79 Å². The molecule has 16 heavy (non-hydrogen) atoms. The van der Waals surface area contributed by atoms with E-state index in [1.165, 1.54) is 10.9 Å². The fraction of sp³-hybridized carbons (Fsp3) is 0.273. The largest absolute Gasteiger partial charge is 0.494 e. The SMILES string of the molecule is CCCOc1ccc(-[n+]2cc(=O)o[nH]2)cc1. The third-order valence-electron chi connectivity index (χ3n) is 2.07. The van der Waals surface area contributed by atoms with Crippen LogP contribution in [-0.2, 0) is 0 Å². The summed E-state index contributed by atoms with van der Waals surface area (Å²) in [7, 11) is 0. The zero-order valence-corrected chi connectivity index (χ0v) is 8.97. The predicted molar refractivity (Wildman–Crippen MR) is 56.6 cm³/mol. The highest BCUT2D eigenvalue weighted by atomic mass is 16.5. The molecule has 0 unspecified atom stereocenters. The van der Waals surface area contributed by atoms with Gasteiger partial charge in [0.05, 0.1) is 6.61 Å². The normalized spacial score (nSPS) is 10.3. The zero-order chi connectivity index (χ0) is 11.4. The molecule has 0 atom stereocenters. The van der Waals surface area contributed by atoms with Crippen molar-refractivity contribution in [3.05, 3.63) is 40.9 Å². The Balaban J connectivity index is 2.16. The van der Waals surface area contributed by atoms with E-state index in [0.29, 0.717) is 6.61 Å². The predicted octanol–water partition coefficient (Wildman–Crippen LogP) is 1.03. The average Bonchev–Trinajstić information content (AvgIpc) is 2.74. The van der Waals surface area contributed by atoms with Gasteiger partial charge in [-0.1, -0.05) is 6.92 Å². The molecule has 0 amide bonds. The Kier molecular flexibility index (Phi) is 3.05. The van der Waals surface area contributed by atoms with Gasteiger partial charge < -0.3 is 4.74 Å². The van der Waals surface area contributed by atoms with Crippen molar-refractivity contribution >= 4 is 0 Å². The van der Waals surface area contributed by atoms with Crippen LogP contribution in [0.15, 0.2) is 39.8 Å². The molecule has 84 valence electrons. The van der Waals surface area contributed by atoms with Gasteiger partial charge in [0.15, 0.2) is 0 Å². The van der Waals surface area contributed by atoms with Crippen molar-refractivity contribution in [2.75, 3.05) is 6.61 Å². The highest BCUT2D eigenvalue weighted by Gasteiger charge is 2.09. The second-order valence-corrected chi connectivity index (χ2v) is 3.35. The summed E-state index contributed by atoms with van der Waals surface area (Å²) in [6, 6.07) is 7.39. The standard InChI is InChI=1S/C11H12N2O3/c1-2-7-15-10-5-3-9(4-6-10)13-8-11(14)16-12-13/h3-6,8H,2,7H2,1H3/p+1. The third-order valence-corrected chi connectivity index (χ3v) is 2.07. The van der Waals surface area contributed by atoms with Crippen molar-refractivity contribution in [3.8, 4) is 11.4 Å². The van der Waals surface area contributed by atoms with Crippen molar-refractivity contribution in [2.24, 2.45) is 0 Å². The Morgan fingerprint density at radius 1 is 1.38 bits per heavy atom. The number of nitrogens with zero attached hydrogens (tertiary/aromatic N) is 1. The summed E-state index contributed by atoms with van der Waals surface area (Å²) in [6.07, 6.45) is 2.31. The van der Waals surface area contributed by atoms with Crippen LogP contribution in [0.4, 0.5) is 0 Å². The van der Waals surface area contributed by atoms with Gasteiger partial charge in [0, 0.05) is 12.1 Å². The minimum Gasteiger partial charge on any atom is -0.494 e. The second kappa shape index (κ2) is 4.65. The van der Waals surface area contributed by atoms with E-state index in [0.717, 1.165) is 17.9 Å². The molecule has 5 nitrogen and oxygen atoms in total. The van der Waals surface area contributed by atoms with Crippen molar-refractivity contribution in [3.63, 3.8) is 0 Å². The van der Waals surface area contributed by atoms with E-state index in [4.69, 9.17) is 4.74 Å². The Bertz CT molecular complexity index is 498. The van der Waals surface area contributed by atoms with Gasteiger partial charge in [-0.3, -0.25) is 4.52 Å². The Hall–Kier alpha value is -2.04. The number of rotatable bonds is 4. The number of hydrogen-bond donors (Lipinski definition) is 1. The molecule has 0 aliphatic heterocycles. The monoisotopic (exact) mass is 221 g/mol. The van der Waals surface area contributed by atoms with Crippen LogP contribution >= 0.6 is 0 Å². The van der Waals surface area contributed by atoms with Gasteiger partial charge in [0.2, 0.25) is 5.69 Å². The lowest BCUT2D eigenvalue weighted by molar-refractivity contribution is -0.670. The summed E-state index contributed by atoms with van der Waals surface area (Å²) in [4.78, 5) is 10.8. The van der Waals surface area contributed by atoms with Crippen LogP contribution in [0.2, 0.25) is 0 Å². The van der Waals surface area contributed by atoms with Crippen LogP contribution in [0.3, 0.4) is 0 Å². The molecule has 1 N–H and O–H groups in total. The van der Waals surface area contributed by atoms with Crippen LogP contribution < -0.4 is 15.0 Å². The van der Waals surface area contributed by atoms with Gasteiger partial charge in [0.1, 0.15) is 5.75 Å². The van der Waals surface area contributed by atoms with Gasteiger partial charge in [-0.05, 0) is 28.5 Å². The Morgan fingerprint density at radius 2 is 2.12 bits per heavy atom. The van der Waals surface area contributed by atoms with Crippen LogP contribution in [-0.4, -0.2) is 11.9 Å². The lowest BCUT2D eigenvalue weighted by atomic mass is 10.3. The van der Waals surface area contributed by atoms with Gasteiger partial charge in [-0.2, -0.15) is 0 Å². The molecule has 1 aromatic heterocycles. The summed E-state index contributed by atoms with van der Waals surface area (Å²) in [6.45, 7) is 2.76.